The molecule has 2 aromatic carbocycles. The van der Waals surface area contributed by atoms with Crippen LogP contribution < -0.4 is 5.73 Å². The molecule has 0 bridgehead atoms. The number of oxazole rings is 1. The summed E-state index contributed by atoms with van der Waals surface area (Å²) < 4.78 is 5.64. The summed E-state index contributed by atoms with van der Waals surface area (Å²) in [7, 11) is 0. The standard InChI is InChI=1S/C14H11N3O3/c1-8-3-2-4-12-13(8)16-14(20-12)10-7-9(17(18)19)5-6-11(10)15/h2-7H,15H2,1H3. The summed E-state index contributed by atoms with van der Waals surface area (Å²) in [5.74, 6) is 0.288. The van der Waals surface area contributed by atoms with Gasteiger partial charge in [0.15, 0.2) is 5.58 Å². The van der Waals surface area contributed by atoms with E-state index in [1.165, 1.54) is 18.2 Å². The Morgan fingerprint density at radius 1 is 1.30 bits per heavy atom. The number of nitro benzene ring substituents is 1. The van der Waals surface area contributed by atoms with Crippen LogP contribution in [0, 0.1) is 17.0 Å². The summed E-state index contributed by atoms with van der Waals surface area (Å²) >= 11 is 0. The molecule has 0 unspecified atom stereocenters. The highest BCUT2D eigenvalue weighted by molar-refractivity contribution is 5.82. The first kappa shape index (κ1) is 12.2. The Bertz CT molecular complexity index is 824. The lowest BCUT2D eigenvalue weighted by Crippen LogP contribution is -1.93. The highest BCUT2D eigenvalue weighted by atomic mass is 16.6. The third-order valence-corrected chi connectivity index (χ3v) is 3.10. The summed E-state index contributed by atoms with van der Waals surface area (Å²) in [5.41, 5.74) is 8.96. The fourth-order valence-electron chi connectivity index (χ4n) is 2.04. The molecule has 0 aliphatic carbocycles. The molecule has 6 heteroatoms. The number of nitro groups is 1. The molecule has 0 aliphatic rings. The molecule has 0 fully saturated rings. The maximum Gasteiger partial charge on any atom is 0.270 e. The molecule has 0 amide bonds. The molecule has 2 N–H and O–H groups in total. The number of aryl methyl sites for hydroxylation is 1. The molecule has 3 aromatic rings. The molecule has 3 rings (SSSR count). The summed E-state index contributed by atoms with van der Waals surface area (Å²) in [5, 5.41) is 10.8. The van der Waals surface area contributed by atoms with E-state index in [4.69, 9.17) is 10.2 Å². The Labute approximate surface area is 114 Å². The third-order valence-electron chi connectivity index (χ3n) is 3.10. The van der Waals surface area contributed by atoms with Gasteiger partial charge in [0, 0.05) is 17.8 Å². The Balaban J connectivity index is 2.22. The van der Waals surface area contributed by atoms with Crippen LogP contribution in [-0.4, -0.2) is 9.91 Å². The number of para-hydroxylation sites is 1. The average Bonchev–Trinajstić information content (AvgIpc) is 2.84. The van der Waals surface area contributed by atoms with Gasteiger partial charge in [-0.15, -0.1) is 0 Å². The van der Waals surface area contributed by atoms with Crippen LogP contribution in [0.2, 0.25) is 0 Å². The number of rotatable bonds is 2. The Kier molecular flexibility index (Phi) is 2.64. The zero-order chi connectivity index (χ0) is 14.3. The van der Waals surface area contributed by atoms with E-state index in [0.717, 1.165) is 11.1 Å². The van der Waals surface area contributed by atoms with Crippen LogP contribution in [0.3, 0.4) is 0 Å². The predicted octanol–water partition coefficient (Wildman–Crippen LogP) is 3.29. The minimum absolute atomic E-state index is 0.0480. The topological polar surface area (TPSA) is 95.2 Å². The maximum atomic E-state index is 10.8. The van der Waals surface area contributed by atoms with E-state index in [1.54, 1.807) is 6.07 Å². The van der Waals surface area contributed by atoms with Crippen LogP contribution in [0.1, 0.15) is 5.56 Å². The summed E-state index contributed by atoms with van der Waals surface area (Å²) in [6.07, 6.45) is 0. The van der Waals surface area contributed by atoms with E-state index in [-0.39, 0.29) is 11.6 Å². The molecule has 0 radical (unpaired) electrons. The van der Waals surface area contributed by atoms with Gasteiger partial charge in [-0.1, -0.05) is 12.1 Å². The molecule has 1 aromatic heterocycles. The van der Waals surface area contributed by atoms with Gasteiger partial charge in [0.05, 0.1) is 10.5 Å². The van der Waals surface area contributed by atoms with Crippen molar-refractivity contribution < 1.29 is 9.34 Å². The first-order valence-corrected chi connectivity index (χ1v) is 5.96. The minimum atomic E-state index is -0.475. The van der Waals surface area contributed by atoms with Crippen molar-refractivity contribution in [3.8, 4) is 11.5 Å². The largest absolute Gasteiger partial charge is 0.436 e. The molecule has 0 saturated carbocycles. The van der Waals surface area contributed by atoms with Gasteiger partial charge < -0.3 is 10.2 Å². The summed E-state index contributed by atoms with van der Waals surface area (Å²) in [6, 6.07) is 9.79. The van der Waals surface area contributed by atoms with Crippen molar-refractivity contribution in [2.75, 3.05) is 5.73 Å². The van der Waals surface area contributed by atoms with Crippen molar-refractivity contribution in [3.63, 3.8) is 0 Å². The van der Waals surface area contributed by atoms with Crippen molar-refractivity contribution >= 4 is 22.5 Å². The number of benzene rings is 2. The van der Waals surface area contributed by atoms with Gasteiger partial charge in [-0.25, -0.2) is 4.98 Å². The summed E-state index contributed by atoms with van der Waals surface area (Å²) in [6.45, 7) is 1.92. The molecular formula is C14H11N3O3. The number of nitrogens with two attached hydrogens (primary N) is 1. The Morgan fingerprint density at radius 2 is 2.10 bits per heavy atom. The quantitative estimate of drug-likeness (QED) is 0.437. The van der Waals surface area contributed by atoms with Gasteiger partial charge in [-0.3, -0.25) is 10.1 Å². The van der Waals surface area contributed by atoms with E-state index < -0.39 is 4.92 Å². The van der Waals surface area contributed by atoms with Gasteiger partial charge in [-0.05, 0) is 24.6 Å². The van der Waals surface area contributed by atoms with Gasteiger partial charge in [0.1, 0.15) is 5.52 Å². The highest BCUT2D eigenvalue weighted by Gasteiger charge is 2.16. The van der Waals surface area contributed by atoms with Crippen molar-refractivity contribution in [2.24, 2.45) is 0 Å². The van der Waals surface area contributed by atoms with Crippen LogP contribution >= 0.6 is 0 Å². The molecule has 20 heavy (non-hydrogen) atoms. The first-order chi connectivity index (χ1) is 9.56. The molecule has 0 aliphatic heterocycles. The molecule has 1 heterocycles. The molecular weight excluding hydrogens is 258 g/mol. The third kappa shape index (κ3) is 1.87. The lowest BCUT2D eigenvalue weighted by atomic mass is 10.1. The molecule has 0 atom stereocenters. The number of hydrogen-bond donors (Lipinski definition) is 1. The van der Waals surface area contributed by atoms with E-state index in [1.807, 2.05) is 19.1 Å². The second-order valence-electron chi connectivity index (χ2n) is 4.47. The van der Waals surface area contributed by atoms with Crippen LogP contribution in [0.4, 0.5) is 11.4 Å². The van der Waals surface area contributed by atoms with Gasteiger partial charge in [-0.2, -0.15) is 0 Å². The van der Waals surface area contributed by atoms with E-state index in [9.17, 15) is 10.1 Å². The van der Waals surface area contributed by atoms with Crippen LogP contribution in [0.5, 0.6) is 0 Å². The van der Waals surface area contributed by atoms with E-state index in [0.29, 0.717) is 16.8 Å². The predicted molar refractivity (Wildman–Crippen MR) is 75.2 cm³/mol. The fourth-order valence-corrected chi connectivity index (χ4v) is 2.04. The number of non-ortho nitro benzene ring substituents is 1. The SMILES string of the molecule is Cc1cccc2oc(-c3cc([N+](=O)[O-])ccc3N)nc12. The smallest absolute Gasteiger partial charge is 0.270 e. The zero-order valence-electron chi connectivity index (χ0n) is 10.7. The van der Waals surface area contributed by atoms with Gasteiger partial charge >= 0.3 is 0 Å². The normalized spacial score (nSPS) is 10.8. The molecule has 6 nitrogen and oxygen atoms in total. The second kappa shape index (κ2) is 4.34. The number of nitrogens with zero attached hydrogens (tertiary/aromatic N) is 2. The molecule has 0 saturated heterocycles. The maximum absolute atomic E-state index is 10.8. The number of anilines is 1. The Morgan fingerprint density at radius 3 is 2.80 bits per heavy atom. The van der Waals surface area contributed by atoms with Crippen LogP contribution in [0.25, 0.3) is 22.6 Å². The average molecular weight is 269 g/mol. The van der Waals surface area contributed by atoms with E-state index in [2.05, 4.69) is 4.98 Å². The Hall–Kier alpha value is -2.89. The van der Waals surface area contributed by atoms with Crippen molar-refractivity contribution in [1.82, 2.24) is 4.98 Å². The van der Waals surface area contributed by atoms with Crippen molar-refractivity contribution in [1.29, 1.82) is 0 Å². The van der Waals surface area contributed by atoms with Gasteiger partial charge in [0.2, 0.25) is 5.89 Å². The summed E-state index contributed by atoms with van der Waals surface area (Å²) in [4.78, 5) is 14.7. The van der Waals surface area contributed by atoms with Crippen LogP contribution in [-0.2, 0) is 0 Å². The lowest BCUT2D eigenvalue weighted by molar-refractivity contribution is -0.384. The fraction of sp³-hybridized carbons (Fsp3) is 0.0714. The highest BCUT2D eigenvalue weighted by Crippen LogP contribution is 2.32. The lowest BCUT2D eigenvalue weighted by Gasteiger charge is -2.00. The number of hydrogen-bond acceptors (Lipinski definition) is 5. The molecule has 0 spiro atoms. The monoisotopic (exact) mass is 269 g/mol. The van der Waals surface area contributed by atoms with Crippen molar-refractivity contribution in [3.05, 3.63) is 52.1 Å². The minimum Gasteiger partial charge on any atom is -0.436 e. The second-order valence-corrected chi connectivity index (χ2v) is 4.47. The van der Waals surface area contributed by atoms with Gasteiger partial charge in [0.25, 0.3) is 5.69 Å². The van der Waals surface area contributed by atoms with E-state index >= 15 is 0 Å². The number of aromatic nitrogens is 1. The number of fused-ring (bicyclic) bond motifs is 1. The van der Waals surface area contributed by atoms with Crippen LogP contribution in [0.15, 0.2) is 40.8 Å². The first-order valence-electron chi connectivity index (χ1n) is 5.96. The number of nitrogen functional groups attached to an aromatic ring is 1. The van der Waals surface area contributed by atoms with Crippen molar-refractivity contribution in [2.45, 2.75) is 6.92 Å². The zero-order valence-corrected chi connectivity index (χ0v) is 10.7. The molecule has 100 valence electrons.